The lowest BCUT2D eigenvalue weighted by atomic mass is 9.93. The van der Waals surface area contributed by atoms with E-state index in [2.05, 4.69) is 9.97 Å². The predicted octanol–water partition coefficient (Wildman–Crippen LogP) is 1.86. The third kappa shape index (κ3) is 4.90. The highest BCUT2D eigenvalue weighted by Crippen LogP contribution is 2.49. The number of aliphatic hydroxyl groups excluding tert-OH is 2. The maximum atomic E-state index is 13.2. The van der Waals surface area contributed by atoms with Gasteiger partial charge in [0.1, 0.15) is 12.7 Å². The van der Waals surface area contributed by atoms with Crippen LogP contribution in [-0.2, 0) is 27.4 Å². The van der Waals surface area contributed by atoms with Crippen LogP contribution >= 0.6 is 11.8 Å². The number of imidazole rings is 1. The minimum absolute atomic E-state index is 0.0547. The number of benzene rings is 1. The lowest BCUT2D eigenvalue weighted by Gasteiger charge is -2.47. The number of nitro groups is 1. The van der Waals surface area contributed by atoms with Gasteiger partial charge in [0.2, 0.25) is 0 Å². The first-order chi connectivity index (χ1) is 17.9. The largest absolute Gasteiger partial charge is 0.456 e. The molecule has 5 rings (SSSR count). The van der Waals surface area contributed by atoms with Crippen molar-refractivity contribution in [1.29, 1.82) is 0 Å². The summed E-state index contributed by atoms with van der Waals surface area (Å²) >= 11 is 1.42. The van der Waals surface area contributed by atoms with Gasteiger partial charge in [-0.2, -0.15) is 0 Å². The maximum absolute atomic E-state index is 13.2. The number of hydrogen-bond donors (Lipinski definition) is 2. The molecule has 0 saturated carbocycles. The monoisotopic (exact) mass is 527 g/mol. The average Bonchev–Trinajstić information content (AvgIpc) is 3.38. The highest BCUT2D eigenvalue weighted by molar-refractivity contribution is 8.03. The fourth-order valence-corrected chi connectivity index (χ4v) is 5.78. The molecule has 194 valence electrons. The van der Waals surface area contributed by atoms with Crippen LogP contribution in [-0.4, -0.2) is 71.1 Å². The van der Waals surface area contributed by atoms with E-state index < -0.39 is 35.1 Å². The molecule has 1 aromatic carbocycles. The SMILES string of the molecule is C[C@@H](O)[C@H]1ON2C(C(=O)OCc3ccc([N+](=O)[O-])cc3)=C(SCCc3cn4ccncc4n3)[C@@H](CO)[C@@H]12. The van der Waals surface area contributed by atoms with Crippen LogP contribution in [0.1, 0.15) is 18.2 Å². The topological polar surface area (TPSA) is 153 Å². The number of non-ortho nitro benzene ring substituents is 1. The van der Waals surface area contributed by atoms with Crippen LogP contribution < -0.4 is 0 Å². The maximum Gasteiger partial charge on any atom is 0.358 e. The second-order valence-electron chi connectivity index (χ2n) is 8.80. The summed E-state index contributed by atoms with van der Waals surface area (Å²) in [5, 5.41) is 32.6. The van der Waals surface area contributed by atoms with Crippen LogP contribution in [0.3, 0.4) is 0 Å². The Bertz CT molecular complexity index is 1310. The molecule has 0 radical (unpaired) electrons. The molecule has 3 aromatic rings. The molecule has 2 aromatic heterocycles. The first-order valence-electron chi connectivity index (χ1n) is 11.7. The van der Waals surface area contributed by atoms with Gasteiger partial charge in [-0.25, -0.2) is 14.8 Å². The Kier molecular flexibility index (Phi) is 7.11. The Morgan fingerprint density at radius 3 is 2.81 bits per heavy atom. The molecule has 2 aliphatic rings. The zero-order chi connectivity index (χ0) is 26.1. The zero-order valence-corrected chi connectivity index (χ0v) is 20.7. The number of aliphatic hydroxyl groups is 2. The highest BCUT2D eigenvalue weighted by atomic mass is 32.2. The Labute approximate surface area is 215 Å². The van der Waals surface area contributed by atoms with Gasteiger partial charge in [-0.05, 0) is 24.6 Å². The van der Waals surface area contributed by atoms with Crippen molar-refractivity contribution in [3.63, 3.8) is 0 Å². The van der Waals surface area contributed by atoms with E-state index in [1.807, 2.05) is 16.8 Å². The first kappa shape index (κ1) is 25.1. The van der Waals surface area contributed by atoms with E-state index in [0.29, 0.717) is 22.6 Å². The number of rotatable bonds is 10. The van der Waals surface area contributed by atoms with Gasteiger partial charge >= 0.3 is 5.97 Å². The molecule has 0 unspecified atom stereocenters. The van der Waals surface area contributed by atoms with Gasteiger partial charge in [-0.3, -0.25) is 19.9 Å². The summed E-state index contributed by atoms with van der Waals surface area (Å²) in [4.78, 5) is 38.5. The normalized spacial score (nSPS) is 21.6. The van der Waals surface area contributed by atoms with E-state index >= 15 is 0 Å². The quantitative estimate of drug-likeness (QED) is 0.226. The lowest BCUT2D eigenvalue weighted by Crippen LogP contribution is -2.62. The van der Waals surface area contributed by atoms with Crippen molar-refractivity contribution in [2.75, 3.05) is 12.4 Å². The summed E-state index contributed by atoms with van der Waals surface area (Å²) in [5.74, 6) is -0.475. The van der Waals surface area contributed by atoms with Gasteiger partial charge < -0.3 is 19.4 Å². The van der Waals surface area contributed by atoms with E-state index in [-0.39, 0.29) is 24.6 Å². The van der Waals surface area contributed by atoms with Crippen molar-refractivity contribution in [2.45, 2.75) is 38.2 Å². The smallest absolute Gasteiger partial charge is 0.358 e. The Morgan fingerprint density at radius 1 is 1.35 bits per heavy atom. The Hall–Kier alpha value is -3.52. The molecule has 2 N–H and O–H groups in total. The van der Waals surface area contributed by atoms with E-state index in [1.165, 1.54) is 41.1 Å². The van der Waals surface area contributed by atoms with Crippen LogP contribution in [0.25, 0.3) is 5.65 Å². The summed E-state index contributed by atoms with van der Waals surface area (Å²) in [5.41, 5.74) is 2.34. The average molecular weight is 528 g/mol. The lowest BCUT2D eigenvalue weighted by molar-refractivity contribution is -0.384. The molecule has 0 spiro atoms. The molecule has 37 heavy (non-hydrogen) atoms. The van der Waals surface area contributed by atoms with E-state index in [1.54, 1.807) is 19.3 Å². The van der Waals surface area contributed by atoms with E-state index in [0.717, 1.165) is 11.3 Å². The number of nitrogens with zero attached hydrogens (tertiary/aromatic N) is 5. The van der Waals surface area contributed by atoms with Crippen LogP contribution in [0.4, 0.5) is 5.69 Å². The van der Waals surface area contributed by atoms with Crippen molar-refractivity contribution >= 4 is 29.1 Å². The second kappa shape index (κ2) is 10.5. The number of esters is 1. The molecule has 4 atom stereocenters. The summed E-state index contributed by atoms with van der Waals surface area (Å²) in [6, 6.07) is 5.35. The summed E-state index contributed by atoms with van der Waals surface area (Å²) in [6.07, 6.45) is 6.36. The van der Waals surface area contributed by atoms with E-state index in [9.17, 15) is 25.1 Å². The highest BCUT2D eigenvalue weighted by Gasteiger charge is 2.57. The third-order valence-electron chi connectivity index (χ3n) is 6.36. The fourth-order valence-electron chi connectivity index (χ4n) is 4.51. The molecule has 12 nitrogen and oxygen atoms in total. The summed E-state index contributed by atoms with van der Waals surface area (Å²) in [6.45, 7) is 1.29. The van der Waals surface area contributed by atoms with Crippen LogP contribution in [0.2, 0.25) is 0 Å². The van der Waals surface area contributed by atoms with Gasteiger partial charge in [-0.15, -0.1) is 11.8 Å². The minimum Gasteiger partial charge on any atom is -0.456 e. The van der Waals surface area contributed by atoms with Crippen molar-refractivity contribution in [3.05, 3.63) is 81.0 Å². The molecule has 13 heteroatoms. The van der Waals surface area contributed by atoms with Crippen molar-refractivity contribution < 1.29 is 29.5 Å². The zero-order valence-electron chi connectivity index (χ0n) is 19.8. The molecule has 1 saturated heterocycles. The Morgan fingerprint density at radius 2 is 2.14 bits per heavy atom. The number of hydrogen-bond acceptors (Lipinski definition) is 11. The molecule has 0 bridgehead atoms. The van der Waals surface area contributed by atoms with Gasteiger partial charge in [-0.1, -0.05) is 0 Å². The van der Waals surface area contributed by atoms with Gasteiger partial charge in [0.05, 0.1) is 35.6 Å². The fraction of sp³-hybridized carbons (Fsp3) is 0.375. The van der Waals surface area contributed by atoms with Crippen LogP contribution in [0.15, 0.2) is 59.7 Å². The molecule has 4 heterocycles. The number of fused-ring (bicyclic) bond motifs is 2. The molecular weight excluding hydrogens is 502 g/mol. The van der Waals surface area contributed by atoms with Gasteiger partial charge in [0.25, 0.3) is 5.69 Å². The molecule has 0 amide bonds. The standard InChI is InChI=1S/C24H25N5O7S/c1-14(31)22-20-18(12-30)23(37-9-6-16-11-27-8-7-25-10-19(27)26-16)21(28(20)36-22)24(32)35-13-15-2-4-17(5-3-15)29(33)34/h2-5,7-8,10-11,14,18,20,22,30-31H,6,9,12-13H2,1H3/t14-,18+,20+,22-/m1/s1. The number of ether oxygens (including phenoxy) is 1. The van der Waals surface area contributed by atoms with Crippen molar-refractivity contribution in [3.8, 4) is 0 Å². The molecular formula is C24H25N5O7S. The minimum atomic E-state index is -0.788. The second-order valence-corrected chi connectivity index (χ2v) is 9.94. The first-order valence-corrected chi connectivity index (χ1v) is 12.7. The number of nitro benzene ring substituents is 1. The number of hydroxylamine groups is 2. The summed E-state index contributed by atoms with van der Waals surface area (Å²) in [7, 11) is 0. The van der Waals surface area contributed by atoms with Crippen molar-refractivity contribution in [2.24, 2.45) is 5.92 Å². The van der Waals surface area contributed by atoms with Crippen LogP contribution in [0.5, 0.6) is 0 Å². The number of thioether (sulfide) groups is 1. The Balaban J connectivity index is 1.32. The molecule has 0 aliphatic carbocycles. The summed E-state index contributed by atoms with van der Waals surface area (Å²) < 4.78 is 7.40. The van der Waals surface area contributed by atoms with Crippen LogP contribution in [0, 0.1) is 16.0 Å². The number of aryl methyl sites for hydroxylation is 1. The number of carbonyl (C=O) groups excluding carboxylic acids is 1. The van der Waals surface area contributed by atoms with Crippen molar-refractivity contribution in [1.82, 2.24) is 19.4 Å². The van der Waals surface area contributed by atoms with Gasteiger partial charge in [0.15, 0.2) is 11.3 Å². The van der Waals surface area contributed by atoms with Gasteiger partial charge in [0, 0.05) is 53.7 Å². The number of aromatic nitrogens is 3. The molecule has 1 fully saturated rings. The molecule has 2 aliphatic heterocycles. The van der Waals surface area contributed by atoms with E-state index in [4.69, 9.17) is 9.57 Å². The third-order valence-corrected chi connectivity index (χ3v) is 7.57. The number of carbonyl (C=O) groups is 1. The predicted molar refractivity (Wildman–Crippen MR) is 132 cm³/mol.